The number of carbonyl (C=O) groups excluding carboxylic acids is 1. The molecule has 0 bridgehead atoms. The minimum absolute atomic E-state index is 0. The Labute approximate surface area is 185 Å². The molecule has 1 fully saturated rings. The Morgan fingerprint density at radius 1 is 1.27 bits per heavy atom. The maximum absolute atomic E-state index is 13.1. The Morgan fingerprint density at radius 3 is 2.80 bits per heavy atom. The molecule has 0 saturated carbocycles. The maximum Gasteiger partial charge on any atom is 0.226 e. The van der Waals surface area contributed by atoms with E-state index in [1.807, 2.05) is 23.1 Å². The number of hydrogen-bond donors (Lipinski definition) is 1. The van der Waals surface area contributed by atoms with E-state index in [-0.39, 0.29) is 29.8 Å². The van der Waals surface area contributed by atoms with Crippen LogP contribution in [0.5, 0.6) is 0 Å². The van der Waals surface area contributed by atoms with Gasteiger partial charge in [-0.05, 0) is 50.9 Å². The molecular formula is C22H34ClN5O2. The van der Waals surface area contributed by atoms with Gasteiger partial charge < -0.3 is 14.7 Å². The van der Waals surface area contributed by atoms with E-state index in [0.717, 1.165) is 38.0 Å². The van der Waals surface area contributed by atoms with Crippen molar-refractivity contribution in [2.45, 2.75) is 77.3 Å². The number of hydrogen-bond acceptors (Lipinski definition) is 6. The van der Waals surface area contributed by atoms with E-state index in [4.69, 9.17) is 4.52 Å². The van der Waals surface area contributed by atoms with Crippen LogP contribution < -0.4 is 5.32 Å². The minimum Gasteiger partial charge on any atom is -0.339 e. The second-order valence-corrected chi connectivity index (χ2v) is 8.79. The second kappa shape index (κ2) is 11.4. The Kier molecular flexibility index (Phi) is 9.24. The Balaban J connectivity index is 0.00000320. The maximum atomic E-state index is 13.1. The van der Waals surface area contributed by atoms with E-state index in [1.165, 1.54) is 0 Å². The monoisotopic (exact) mass is 435 g/mol. The molecule has 0 radical (unpaired) electrons. The summed E-state index contributed by atoms with van der Waals surface area (Å²) in [5.41, 5.74) is 0.801. The van der Waals surface area contributed by atoms with Gasteiger partial charge in [0.1, 0.15) is 0 Å². The van der Waals surface area contributed by atoms with Gasteiger partial charge in [-0.15, -0.1) is 12.4 Å². The van der Waals surface area contributed by atoms with E-state index >= 15 is 0 Å². The van der Waals surface area contributed by atoms with Crippen LogP contribution in [0.2, 0.25) is 0 Å². The molecule has 1 saturated heterocycles. The van der Waals surface area contributed by atoms with Gasteiger partial charge in [-0.3, -0.25) is 9.78 Å². The molecule has 0 aromatic carbocycles. The average molecular weight is 436 g/mol. The summed E-state index contributed by atoms with van der Waals surface area (Å²) >= 11 is 0. The van der Waals surface area contributed by atoms with E-state index in [9.17, 15) is 4.79 Å². The lowest BCUT2D eigenvalue weighted by Gasteiger charge is -2.31. The molecule has 166 valence electrons. The Morgan fingerprint density at radius 2 is 2.10 bits per heavy atom. The van der Waals surface area contributed by atoms with Crippen LogP contribution in [0.3, 0.4) is 0 Å². The molecule has 2 aromatic heterocycles. The molecule has 7 nitrogen and oxygen atoms in total. The summed E-state index contributed by atoms with van der Waals surface area (Å²) in [5, 5.41) is 7.50. The molecular weight excluding hydrogens is 402 g/mol. The van der Waals surface area contributed by atoms with Crippen molar-refractivity contribution in [3.05, 3.63) is 41.8 Å². The third-order valence-corrected chi connectivity index (χ3v) is 5.29. The summed E-state index contributed by atoms with van der Waals surface area (Å²) < 4.78 is 5.36. The number of pyridine rings is 1. The molecule has 1 amide bonds. The number of nitrogens with zero attached hydrogens (tertiary/aromatic N) is 4. The Hall–Kier alpha value is -1.99. The van der Waals surface area contributed by atoms with Gasteiger partial charge in [0, 0.05) is 30.5 Å². The smallest absolute Gasteiger partial charge is 0.226 e. The fourth-order valence-corrected chi connectivity index (χ4v) is 3.59. The predicted octanol–water partition coefficient (Wildman–Crippen LogP) is 3.68. The molecule has 2 aromatic rings. The third kappa shape index (κ3) is 7.06. The van der Waals surface area contributed by atoms with Crippen LogP contribution in [-0.2, 0) is 23.2 Å². The van der Waals surface area contributed by atoms with Crippen molar-refractivity contribution in [3.8, 4) is 0 Å². The molecule has 0 aliphatic carbocycles. The van der Waals surface area contributed by atoms with Crippen molar-refractivity contribution < 1.29 is 9.32 Å². The first-order valence-corrected chi connectivity index (χ1v) is 10.7. The van der Waals surface area contributed by atoms with Crippen LogP contribution >= 0.6 is 12.4 Å². The van der Waals surface area contributed by atoms with Crippen molar-refractivity contribution in [1.82, 2.24) is 25.3 Å². The first-order valence-electron chi connectivity index (χ1n) is 10.7. The zero-order valence-electron chi connectivity index (χ0n) is 18.3. The molecule has 8 heteroatoms. The molecule has 3 heterocycles. The summed E-state index contributed by atoms with van der Waals surface area (Å²) in [4.78, 5) is 24.1. The summed E-state index contributed by atoms with van der Waals surface area (Å²) in [6.07, 6.45) is 6.70. The number of nitrogens with one attached hydrogen (secondary N) is 1. The van der Waals surface area contributed by atoms with Crippen molar-refractivity contribution in [2.24, 2.45) is 0 Å². The van der Waals surface area contributed by atoms with E-state index in [1.54, 1.807) is 6.20 Å². The molecule has 0 spiro atoms. The number of rotatable bonds is 7. The molecule has 1 aliphatic heterocycles. The SMILES string of the molecule is CC(C)(C)c1noc(CCCC(=O)N(Cc2ccccn2)C2CCCNCC2)n1.Cl. The first kappa shape index (κ1) is 24.3. The minimum atomic E-state index is -0.134. The molecule has 1 aliphatic rings. The van der Waals surface area contributed by atoms with Crippen LogP contribution in [0.25, 0.3) is 0 Å². The number of carbonyl (C=O) groups is 1. The quantitative estimate of drug-likeness (QED) is 0.714. The van der Waals surface area contributed by atoms with Gasteiger partial charge >= 0.3 is 0 Å². The third-order valence-electron chi connectivity index (χ3n) is 5.29. The summed E-state index contributed by atoms with van der Waals surface area (Å²) in [7, 11) is 0. The normalized spacial score (nSPS) is 17.1. The highest BCUT2D eigenvalue weighted by molar-refractivity contribution is 5.85. The molecule has 1 atom stereocenters. The lowest BCUT2D eigenvalue weighted by atomic mass is 9.96. The van der Waals surface area contributed by atoms with Crippen molar-refractivity contribution >= 4 is 18.3 Å². The highest BCUT2D eigenvalue weighted by Crippen LogP contribution is 2.20. The van der Waals surface area contributed by atoms with E-state index in [2.05, 4.69) is 41.2 Å². The number of amides is 1. The molecule has 30 heavy (non-hydrogen) atoms. The van der Waals surface area contributed by atoms with E-state index < -0.39 is 0 Å². The van der Waals surface area contributed by atoms with Gasteiger partial charge in [-0.2, -0.15) is 4.98 Å². The Bertz CT molecular complexity index is 767. The van der Waals surface area contributed by atoms with Gasteiger partial charge in [0.2, 0.25) is 11.8 Å². The van der Waals surface area contributed by atoms with Crippen LogP contribution in [0.15, 0.2) is 28.9 Å². The summed E-state index contributed by atoms with van der Waals surface area (Å²) in [6, 6.07) is 6.13. The van der Waals surface area contributed by atoms with Crippen molar-refractivity contribution in [2.75, 3.05) is 13.1 Å². The second-order valence-electron chi connectivity index (χ2n) is 8.79. The lowest BCUT2D eigenvalue weighted by Crippen LogP contribution is -2.40. The average Bonchev–Trinajstić information content (AvgIpc) is 3.02. The molecule has 1 unspecified atom stereocenters. The highest BCUT2D eigenvalue weighted by Gasteiger charge is 2.25. The van der Waals surface area contributed by atoms with E-state index in [0.29, 0.717) is 37.5 Å². The topological polar surface area (TPSA) is 84.2 Å². The first-order chi connectivity index (χ1) is 13.9. The highest BCUT2D eigenvalue weighted by atomic mass is 35.5. The molecule has 1 N–H and O–H groups in total. The largest absolute Gasteiger partial charge is 0.339 e. The van der Waals surface area contributed by atoms with Crippen molar-refractivity contribution in [3.63, 3.8) is 0 Å². The number of aromatic nitrogens is 3. The standard InChI is InChI=1S/C22H33N5O2.ClH/c1-22(2,3)21-25-19(29-26-21)10-6-11-20(28)27(16-17-8-4-5-14-24-17)18-9-7-13-23-15-12-18;/h4-5,8,14,18,23H,6-7,9-13,15-16H2,1-3H3;1H. The van der Waals surface area contributed by atoms with Crippen LogP contribution in [-0.4, -0.2) is 45.1 Å². The van der Waals surface area contributed by atoms with Gasteiger partial charge in [0.25, 0.3) is 0 Å². The predicted molar refractivity (Wildman–Crippen MR) is 118 cm³/mol. The zero-order chi connectivity index (χ0) is 20.7. The van der Waals surface area contributed by atoms with Crippen LogP contribution in [0.4, 0.5) is 0 Å². The number of aryl methyl sites for hydroxylation is 1. The summed E-state index contributed by atoms with van der Waals surface area (Å²) in [6.45, 7) is 8.72. The summed E-state index contributed by atoms with van der Waals surface area (Å²) in [5.74, 6) is 1.50. The van der Waals surface area contributed by atoms with Crippen LogP contribution in [0.1, 0.15) is 70.3 Å². The fourth-order valence-electron chi connectivity index (χ4n) is 3.59. The number of halogens is 1. The zero-order valence-corrected chi connectivity index (χ0v) is 19.1. The van der Waals surface area contributed by atoms with Gasteiger partial charge in [0.05, 0.1) is 12.2 Å². The van der Waals surface area contributed by atoms with Crippen molar-refractivity contribution in [1.29, 1.82) is 0 Å². The van der Waals surface area contributed by atoms with Gasteiger partial charge in [0.15, 0.2) is 5.82 Å². The fraction of sp³-hybridized carbons (Fsp3) is 0.636. The molecule has 3 rings (SSSR count). The van der Waals surface area contributed by atoms with Crippen LogP contribution in [0, 0.1) is 0 Å². The van der Waals surface area contributed by atoms with Gasteiger partial charge in [-0.1, -0.05) is 32.0 Å². The lowest BCUT2D eigenvalue weighted by molar-refractivity contribution is -0.134. The van der Waals surface area contributed by atoms with Gasteiger partial charge in [-0.25, -0.2) is 0 Å².